The fourth-order valence-electron chi connectivity index (χ4n) is 2.29. The van der Waals surface area contributed by atoms with Crippen LogP contribution in [0, 0.1) is 0 Å². The number of carbonyl (C=O) groups is 1. The molecule has 7 heteroatoms. The van der Waals surface area contributed by atoms with Crippen molar-refractivity contribution in [3.05, 3.63) is 29.3 Å². The molecule has 4 rings (SSSR count). The molecule has 0 saturated heterocycles. The maximum atomic E-state index is 12.0. The summed E-state index contributed by atoms with van der Waals surface area (Å²) in [6.45, 7) is 1.07. The van der Waals surface area contributed by atoms with Crippen LogP contribution in [0.3, 0.4) is 0 Å². The Labute approximate surface area is 131 Å². The van der Waals surface area contributed by atoms with Crippen molar-refractivity contribution in [3.63, 3.8) is 0 Å². The fourth-order valence-corrected chi connectivity index (χ4v) is 3.08. The summed E-state index contributed by atoms with van der Waals surface area (Å²) in [5.74, 6) is 1.94. The second-order valence-corrected chi connectivity index (χ2v) is 6.15. The summed E-state index contributed by atoms with van der Waals surface area (Å²) in [4.78, 5) is 16.4. The molecule has 2 aliphatic rings. The van der Waals surface area contributed by atoms with Crippen molar-refractivity contribution in [3.8, 4) is 11.5 Å². The lowest BCUT2D eigenvalue weighted by Gasteiger charge is -2.18. The predicted octanol–water partition coefficient (Wildman–Crippen LogP) is 3.44. The Morgan fingerprint density at radius 2 is 2.00 bits per heavy atom. The highest BCUT2D eigenvalue weighted by molar-refractivity contribution is 7.14. The second kappa shape index (κ2) is 5.49. The van der Waals surface area contributed by atoms with Crippen molar-refractivity contribution in [1.82, 2.24) is 4.98 Å². The third-order valence-electron chi connectivity index (χ3n) is 3.54. The standard InChI is InChI=1S/C15H15N3O3S/c19-14(18-15-17-11(8-22-15)9-1-2-9)16-10-3-4-12-13(7-10)21-6-5-20-12/h3-4,7-9H,1-2,5-6H2,(H2,16,17,18,19). The summed E-state index contributed by atoms with van der Waals surface area (Å²) in [7, 11) is 0. The number of fused-ring (bicyclic) bond motifs is 1. The lowest BCUT2D eigenvalue weighted by Crippen LogP contribution is -2.20. The van der Waals surface area contributed by atoms with Gasteiger partial charge in [-0.05, 0) is 25.0 Å². The van der Waals surface area contributed by atoms with Crippen LogP contribution in [0.4, 0.5) is 15.6 Å². The van der Waals surface area contributed by atoms with E-state index in [1.165, 1.54) is 24.2 Å². The Morgan fingerprint density at radius 1 is 1.18 bits per heavy atom. The normalized spacial score (nSPS) is 16.2. The second-order valence-electron chi connectivity index (χ2n) is 5.29. The minimum atomic E-state index is -0.312. The molecule has 22 heavy (non-hydrogen) atoms. The maximum absolute atomic E-state index is 12.0. The first kappa shape index (κ1) is 13.4. The maximum Gasteiger partial charge on any atom is 0.325 e. The number of anilines is 2. The number of amides is 2. The molecule has 1 aromatic heterocycles. The number of aromatic nitrogens is 1. The third kappa shape index (κ3) is 2.85. The molecule has 0 spiro atoms. The summed E-state index contributed by atoms with van der Waals surface area (Å²) in [6, 6.07) is 5.02. The molecule has 2 amide bonds. The zero-order valence-electron chi connectivity index (χ0n) is 11.8. The van der Waals surface area contributed by atoms with Crippen LogP contribution in [-0.4, -0.2) is 24.2 Å². The lowest BCUT2D eigenvalue weighted by molar-refractivity contribution is 0.171. The molecular weight excluding hydrogens is 302 g/mol. The number of ether oxygens (including phenoxy) is 2. The lowest BCUT2D eigenvalue weighted by atomic mass is 10.2. The Kier molecular flexibility index (Phi) is 3.34. The SMILES string of the molecule is O=C(Nc1ccc2c(c1)OCCO2)Nc1nc(C2CC2)cs1. The van der Waals surface area contributed by atoms with Gasteiger partial charge < -0.3 is 14.8 Å². The van der Waals surface area contributed by atoms with Crippen LogP contribution < -0.4 is 20.1 Å². The summed E-state index contributed by atoms with van der Waals surface area (Å²) in [5, 5.41) is 8.17. The van der Waals surface area contributed by atoms with Gasteiger partial charge in [0.1, 0.15) is 13.2 Å². The molecule has 1 aliphatic carbocycles. The Morgan fingerprint density at radius 3 is 2.82 bits per heavy atom. The molecule has 2 N–H and O–H groups in total. The van der Waals surface area contributed by atoms with Gasteiger partial charge in [-0.3, -0.25) is 5.32 Å². The van der Waals surface area contributed by atoms with Crippen LogP contribution in [0.2, 0.25) is 0 Å². The van der Waals surface area contributed by atoms with Gasteiger partial charge in [0.05, 0.1) is 5.69 Å². The smallest absolute Gasteiger partial charge is 0.325 e. The van der Waals surface area contributed by atoms with Gasteiger partial charge in [0.2, 0.25) is 0 Å². The zero-order chi connectivity index (χ0) is 14.9. The summed E-state index contributed by atoms with van der Waals surface area (Å²) >= 11 is 1.45. The van der Waals surface area contributed by atoms with E-state index in [0.29, 0.717) is 41.4 Å². The topological polar surface area (TPSA) is 72.5 Å². The van der Waals surface area contributed by atoms with E-state index in [-0.39, 0.29) is 6.03 Å². The van der Waals surface area contributed by atoms with Crippen LogP contribution in [0.1, 0.15) is 24.5 Å². The molecule has 1 fully saturated rings. The van der Waals surface area contributed by atoms with Crippen molar-refractivity contribution < 1.29 is 14.3 Å². The quantitative estimate of drug-likeness (QED) is 0.909. The first-order valence-electron chi connectivity index (χ1n) is 7.21. The van der Waals surface area contributed by atoms with Gasteiger partial charge in [0.15, 0.2) is 16.6 Å². The number of nitrogens with one attached hydrogen (secondary N) is 2. The molecule has 0 bridgehead atoms. The Hall–Kier alpha value is -2.28. The van der Waals surface area contributed by atoms with E-state index in [9.17, 15) is 4.79 Å². The van der Waals surface area contributed by atoms with Crippen molar-refractivity contribution >= 4 is 28.2 Å². The third-order valence-corrected chi connectivity index (χ3v) is 4.31. The van der Waals surface area contributed by atoms with E-state index in [1.54, 1.807) is 18.2 Å². The molecule has 1 saturated carbocycles. The monoisotopic (exact) mass is 317 g/mol. The number of hydrogen-bond donors (Lipinski definition) is 2. The van der Waals surface area contributed by atoms with Crippen molar-refractivity contribution in [2.75, 3.05) is 23.8 Å². The van der Waals surface area contributed by atoms with Gasteiger partial charge >= 0.3 is 6.03 Å². The van der Waals surface area contributed by atoms with Crippen molar-refractivity contribution in [1.29, 1.82) is 0 Å². The van der Waals surface area contributed by atoms with E-state index >= 15 is 0 Å². The molecule has 1 aliphatic heterocycles. The van der Waals surface area contributed by atoms with E-state index < -0.39 is 0 Å². The number of benzene rings is 1. The average Bonchev–Trinajstić information content (AvgIpc) is 3.28. The highest BCUT2D eigenvalue weighted by Crippen LogP contribution is 2.40. The van der Waals surface area contributed by atoms with Crippen molar-refractivity contribution in [2.45, 2.75) is 18.8 Å². The minimum Gasteiger partial charge on any atom is -0.486 e. The molecule has 0 unspecified atom stereocenters. The van der Waals surface area contributed by atoms with Gasteiger partial charge in [0.25, 0.3) is 0 Å². The molecule has 1 aromatic carbocycles. The fraction of sp³-hybridized carbons (Fsp3) is 0.333. The number of hydrogen-bond acceptors (Lipinski definition) is 5. The summed E-state index contributed by atoms with van der Waals surface area (Å²) < 4.78 is 10.9. The van der Waals surface area contributed by atoms with Gasteiger partial charge in [-0.1, -0.05) is 0 Å². The number of nitrogens with zero attached hydrogens (tertiary/aromatic N) is 1. The van der Waals surface area contributed by atoms with Crippen LogP contribution in [-0.2, 0) is 0 Å². The number of rotatable bonds is 3. The van der Waals surface area contributed by atoms with Crippen LogP contribution in [0.15, 0.2) is 23.6 Å². The summed E-state index contributed by atoms with van der Waals surface area (Å²) in [6.07, 6.45) is 2.40. The van der Waals surface area contributed by atoms with E-state index in [0.717, 1.165) is 5.69 Å². The predicted molar refractivity (Wildman–Crippen MR) is 84.2 cm³/mol. The molecule has 6 nitrogen and oxygen atoms in total. The Balaban J connectivity index is 1.40. The number of thiazole rings is 1. The van der Waals surface area contributed by atoms with Gasteiger partial charge in [-0.2, -0.15) is 0 Å². The number of urea groups is 1. The minimum absolute atomic E-state index is 0.312. The summed E-state index contributed by atoms with van der Waals surface area (Å²) in [5.41, 5.74) is 1.74. The molecule has 0 radical (unpaired) electrons. The molecule has 2 aromatic rings. The zero-order valence-corrected chi connectivity index (χ0v) is 12.6. The largest absolute Gasteiger partial charge is 0.486 e. The van der Waals surface area contributed by atoms with Gasteiger partial charge in [0, 0.05) is 23.1 Å². The first-order chi connectivity index (χ1) is 10.8. The molecule has 0 atom stereocenters. The van der Waals surface area contributed by atoms with Crippen LogP contribution >= 0.6 is 11.3 Å². The average molecular weight is 317 g/mol. The molecular formula is C15H15N3O3S. The number of carbonyl (C=O) groups excluding carboxylic acids is 1. The van der Waals surface area contributed by atoms with Crippen molar-refractivity contribution in [2.24, 2.45) is 0 Å². The highest BCUT2D eigenvalue weighted by atomic mass is 32.1. The van der Waals surface area contributed by atoms with E-state index in [1.807, 2.05) is 5.38 Å². The van der Waals surface area contributed by atoms with Crippen LogP contribution in [0.25, 0.3) is 0 Å². The molecule has 2 heterocycles. The van der Waals surface area contributed by atoms with E-state index in [2.05, 4.69) is 15.6 Å². The first-order valence-corrected chi connectivity index (χ1v) is 8.09. The highest BCUT2D eigenvalue weighted by Gasteiger charge is 2.26. The van der Waals surface area contributed by atoms with Gasteiger partial charge in [-0.15, -0.1) is 11.3 Å². The van der Waals surface area contributed by atoms with E-state index in [4.69, 9.17) is 9.47 Å². The Bertz CT molecular complexity index is 712. The van der Waals surface area contributed by atoms with Gasteiger partial charge in [-0.25, -0.2) is 9.78 Å². The van der Waals surface area contributed by atoms with Crippen LogP contribution in [0.5, 0.6) is 11.5 Å². The molecule has 114 valence electrons.